The molecule has 4 aromatic rings. The van der Waals surface area contributed by atoms with E-state index < -0.39 is 0 Å². The van der Waals surface area contributed by atoms with E-state index in [4.69, 9.17) is 0 Å². The molecule has 35 heavy (non-hydrogen) atoms. The fraction of sp³-hybridized carbons (Fsp3) is 0.286. The van der Waals surface area contributed by atoms with Crippen LogP contribution in [0.1, 0.15) is 28.4 Å². The van der Waals surface area contributed by atoms with Crippen LogP contribution in [0.5, 0.6) is 0 Å². The lowest BCUT2D eigenvalue weighted by atomic mass is 10.0. The second kappa shape index (κ2) is 8.74. The highest BCUT2D eigenvalue weighted by Crippen LogP contribution is 2.31. The van der Waals surface area contributed by atoms with Crippen molar-refractivity contribution >= 4 is 28.6 Å². The molecule has 0 aliphatic carbocycles. The van der Waals surface area contributed by atoms with E-state index in [0.29, 0.717) is 6.54 Å². The third-order valence-electron chi connectivity index (χ3n) is 7.27. The zero-order valence-electron chi connectivity index (χ0n) is 20.2. The number of hydrogen-bond donors (Lipinski definition) is 2. The number of aromatic nitrogens is 2. The second-order valence-corrected chi connectivity index (χ2v) is 9.36. The number of fused-ring (bicyclic) bond motifs is 2. The van der Waals surface area contributed by atoms with Crippen molar-refractivity contribution in [3.63, 3.8) is 0 Å². The Balaban J connectivity index is 1.26. The van der Waals surface area contributed by atoms with Crippen molar-refractivity contribution in [2.45, 2.75) is 20.4 Å². The molecular weight excluding hydrogens is 436 g/mol. The van der Waals surface area contributed by atoms with Crippen LogP contribution in [0.2, 0.25) is 0 Å². The first-order valence-corrected chi connectivity index (χ1v) is 12.3. The molecule has 2 aliphatic heterocycles. The summed E-state index contributed by atoms with van der Waals surface area (Å²) in [5.41, 5.74) is 9.39. The topological polar surface area (TPSA) is 64.9 Å². The Morgan fingerprint density at radius 2 is 1.89 bits per heavy atom. The van der Waals surface area contributed by atoms with E-state index in [9.17, 15) is 4.79 Å². The summed E-state index contributed by atoms with van der Waals surface area (Å²) in [5.74, 6) is 0.00315. The van der Waals surface area contributed by atoms with Gasteiger partial charge in [0.2, 0.25) is 0 Å². The van der Waals surface area contributed by atoms with Crippen molar-refractivity contribution in [1.82, 2.24) is 19.6 Å². The minimum absolute atomic E-state index is 0.00315. The Morgan fingerprint density at radius 3 is 2.69 bits per heavy atom. The van der Waals surface area contributed by atoms with E-state index >= 15 is 0 Å². The Labute approximate surface area is 205 Å². The first kappa shape index (κ1) is 21.7. The molecule has 0 unspecified atom stereocenters. The summed E-state index contributed by atoms with van der Waals surface area (Å²) in [5, 5.41) is 6.47. The monoisotopic (exact) mass is 466 g/mol. The van der Waals surface area contributed by atoms with Crippen molar-refractivity contribution < 1.29 is 4.79 Å². The standard InChI is InChI=1S/C28H30N6O/c1-3-32-12-14-33(15-13-32)25-8-5-22(16-19(25)2)31-24-7-9-26(34-11-10-29-27(24)34)20-4-6-23-21(17-20)18-30-28(23)35/h4-11,16-17,31H,3,12-15,18H2,1-2H3,(H,30,35). The van der Waals surface area contributed by atoms with Crippen LogP contribution in [0.25, 0.3) is 16.9 Å². The zero-order chi connectivity index (χ0) is 23.9. The normalized spacial score (nSPS) is 15.9. The van der Waals surface area contributed by atoms with Gasteiger partial charge in [-0.3, -0.25) is 9.20 Å². The lowest BCUT2D eigenvalue weighted by molar-refractivity contribution is 0.0966. The maximum absolute atomic E-state index is 11.9. The van der Waals surface area contributed by atoms with Crippen LogP contribution >= 0.6 is 0 Å². The summed E-state index contributed by atoms with van der Waals surface area (Å²) >= 11 is 0. The molecule has 2 aliphatic rings. The fourth-order valence-corrected chi connectivity index (χ4v) is 5.29. The summed E-state index contributed by atoms with van der Waals surface area (Å²) in [7, 11) is 0. The van der Waals surface area contributed by atoms with Crippen LogP contribution in [0.4, 0.5) is 17.1 Å². The van der Waals surface area contributed by atoms with Crippen LogP contribution in [0.3, 0.4) is 0 Å². The van der Waals surface area contributed by atoms with Crippen LogP contribution in [0, 0.1) is 6.92 Å². The summed E-state index contributed by atoms with van der Waals surface area (Å²) in [4.78, 5) is 21.6. The quantitative estimate of drug-likeness (QED) is 0.455. The molecule has 6 rings (SSSR count). The molecule has 178 valence electrons. The highest BCUT2D eigenvalue weighted by atomic mass is 16.1. The van der Waals surface area contributed by atoms with Gasteiger partial charge in [-0.25, -0.2) is 4.98 Å². The van der Waals surface area contributed by atoms with Gasteiger partial charge < -0.3 is 20.4 Å². The predicted octanol–water partition coefficient (Wildman–Crippen LogP) is 4.44. The Morgan fingerprint density at radius 1 is 1.03 bits per heavy atom. The minimum Gasteiger partial charge on any atom is -0.369 e. The number of imidazole rings is 1. The van der Waals surface area contributed by atoms with Crippen molar-refractivity contribution in [1.29, 1.82) is 0 Å². The number of aryl methyl sites for hydroxylation is 1. The molecule has 1 amide bonds. The Kier molecular flexibility index (Phi) is 5.41. The molecule has 0 atom stereocenters. The molecule has 7 heteroatoms. The molecule has 7 nitrogen and oxygen atoms in total. The van der Waals surface area contributed by atoms with Gasteiger partial charge in [-0.1, -0.05) is 13.0 Å². The highest BCUT2D eigenvalue weighted by molar-refractivity contribution is 5.99. The van der Waals surface area contributed by atoms with Gasteiger partial charge in [-0.2, -0.15) is 0 Å². The number of carbonyl (C=O) groups is 1. The lowest BCUT2D eigenvalue weighted by Gasteiger charge is -2.36. The average Bonchev–Trinajstić information content (AvgIpc) is 3.52. The van der Waals surface area contributed by atoms with E-state index in [2.05, 4.69) is 80.1 Å². The number of hydrogen-bond acceptors (Lipinski definition) is 5. The van der Waals surface area contributed by atoms with Gasteiger partial charge in [0.25, 0.3) is 5.91 Å². The molecule has 0 spiro atoms. The average molecular weight is 467 g/mol. The number of amides is 1. The molecule has 1 saturated heterocycles. The van der Waals surface area contributed by atoms with Crippen molar-refractivity contribution in [3.8, 4) is 11.3 Å². The third-order valence-corrected chi connectivity index (χ3v) is 7.27. The fourth-order valence-electron chi connectivity index (χ4n) is 5.29. The summed E-state index contributed by atoms with van der Waals surface area (Å²) in [6.07, 6.45) is 3.81. The van der Waals surface area contributed by atoms with Crippen LogP contribution in [-0.4, -0.2) is 52.9 Å². The number of anilines is 3. The van der Waals surface area contributed by atoms with Crippen molar-refractivity contribution in [2.24, 2.45) is 0 Å². The summed E-state index contributed by atoms with van der Waals surface area (Å²) in [6.45, 7) is 10.5. The maximum atomic E-state index is 11.9. The molecule has 0 saturated carbocycles. The van der Waals surface area contributed by atoms with Gasteiger partial charge in [-0.05, 0) is 72.6 Å². The molecule has 0 radical (unpaired) electrons. The molecule has 2 N–H and O–H groups in total. The maximum Gasteiger partial charge on any atom is 0.251 e. The highest BCUT2D eigenvalue weighted by Gasteiger charge is 2.20. The first-order chi connectivity index (χ1) is 17.1. The predicted molar refractivity (Wildman–Crippen MR) is 141 cm³/mol. The Hall–Kier alpha value is -3.84. The zero-order valence-corrected chi connectivity index (χ0v) is 20.2. The summed E-state index contributed by atoms with van der Waals surface area (Å²) in [6, 6.07) is 16.8. The van der Waals surface area contributed by atoms with Crippen molar-refractivity contribution in [3.05, 3.63) is 77.6 Å². The molecule has 2 aromatic carbocycles. The molecule has 2 aromatic heterocycles. The minimum atomic E-state index is 0.00315. The van der Waals surface area contributed by atoms with Gasteiger partial charge in [-0.15, -0.1) is 0 Å². The molecule has 0 bridgehead atoms. The van der Waals surface area contributed by atoms with E-state index in [1.165, 1.54) is 11.3 Å². The lowest BCUT2D eigenvalue weighted by Crippen LogP contribution is -2.46. The van der Waals surface area contributed by atoms with Gasteiger partial charge in [0, 0.05) is 62.1 Å². The third kappa shape index (κ3) is 3.91. The first-order valence-electron chi connectivity index (χ1n) is 12.3. The van der Waals surface area contributed by atoms with E-state index in [0.717, 1.165) is 72.1 Å². The number of nitrogens with zero attached hydrogens (tertiary/aromatic N) is 4. The number of rotatable bonds is 5. The van der Waals surface area contributed by atoms with E-state index in [1.54, 1.807) is 0 Å². The molecular formula is C28H30N6O. The number of likely N-dealkylation sites (N-methyl/N-ethyl adjacent to an activating group) is 1. The summed E-state index contributed by atoms with van der Waals surface area (Å²) < 4.78 is 2.10. The van der Waals surface area contributed by atoms with Gasteiger partial charge in [0.05, 0.1) is 11.4 Å². The number of nitrogens with one attached hydrogen (secondary N) is 2. The second-order valence-electron chi connectivity index (χ2n) is 9.36. The Bertz CT molecular complexity index is 1420. The molecule has 1 fully saturated rings. The van der Waals surface area contributed by atoms with E-state index in [-0.39, 0.29) is 5.91 Å². The van der Waals surface area contributed by atoms with Gasteiger partial charge >= 0.3 is 0 Å². The smallest absolute Gasteiger partial charge is 0.251 e. The van der Waals surface area contributed by atoms with Crippen LogP contribution < -0.4 is 15.5 Å². The van der Waals surface area contributed by atoms with Crippen LogP contribution in [-0.2, 0) is 6.54 Å². The van der Waals surface area contributed by atoms with Crippen LogP contribution in [0.15, 0.2) is 60.9 Å². The SMILES string of the molecule is CCN1CCN(c2ccc(Nc3ccc(-c4ccc5c(c4)CNC5=O)n4ccnc34)cc2C)CC1. The number of benzene rings is 2. The van der Waals surface area contributed by atoms with Gasteiger partial charge in [0.1, 0.15) is 0 Å². The number of carbonyl (C=O) groups excluding carboxylic acids is 1. The number of pyridine rings is 1. The van der Waals surface area contributed by atoms with Crippen molar-refractivity contribution in [2.75, 3.05) is 42.9 Å². The largest absolute Gasteiger partial charge is 0.369 e. The number of piperazine rings is 1. The van der Waals surface area contributed by atoms with Gasteiger partial charge in [0.15, 0.2) is 5.65 Å². The van der Waals surface area contributed by atoms with E-state index in [1.807, 2.05) is 24.5 Å². The molecule has 4 heterocycles.